The SMILES string of the molecule is COC(=O)C1(NC(=O)c2nc(-c3cccs3)oc2C)CCC(C)CC1. The van der Waals surface area contributed by atoms with E-state index in [-0.39, 0.29) is 5.69 Å². The van der Waals surface area contributed by atoms with E-state index in [1.807, 2.05) is 17.5 Å². The molecule has 1 fully saturated rings. The number of esters is 1. The highest BCUT2D eigenvalue weighted by Gasteiger charge is 2.44. The van der Waals surface area contributed by atoms with Crippen LogP contribution >= 0.6 is 11.3 Å². The second-order valence-electron chi connectivity index (χ2n) is 6.61. The van der Waals surface area contributed by atoms with Crippen LogP contribution in [0.15, 0.2) is 21.9 Å². The summed E-state index contributed by atoms with van der Waals surface area (Å²) in [5.41, 5.74) is -0.766. The van der Waals surface area contributed by atoms with Crippen molar-refractivity contribution >= 4 is 23.2 Å². The van der Waals surface area contributed by atoms with Crippen molar-refractivity contribution in [3.05, 3.63) is 29.0 Å². The molecule has 2 aromatic heterocycles. The Morgan fingerprint density at radius 2 is 2.12 bits per heavy atom. The minimum atomic E-state index is -0.979. The van der Waals surface area contributed by atoms with Gasteiger partial charge in [-0.25, -0.2) is 9.78 Å². The fourth-order valence-corrected chi connectivity index (χ4v) is 3.87. The first-order valence-electron chi connectivity index (χ1n) is 8.37. The van der Waals surface area contributed by atoms with E-state index in [1.165, 1.54) is 18.4 Å². The number of oxazole rings is 1. The fraction of sp³-hybridized carbons (Fsp3) is 0.500. The summed E-state index contributed by atoms with van der Waals surface area (Å²) in [5, 5.41) is 4.81. The molecule has 7 heteroatoms. The number of amides is 1. The molecule has 1 aliphatic rings. The zero-order chi connectivity index (χ0) is 18.0. The molecule has 3 rings (SSSR count). The average Bonchev–Trinajstić information content (AvgIpc) is 3.25. The molecule has 0 radical (unpaired) electrons. The van der Waals surface area contributed by atoms with E-state index < -0.39 is 17.4 Å². The van der Waals surface area contributed by atoms with E-state index in [1.54, 1.807) is 6.92 Å². The number of aryl methyl sites for hydroxylation is 1. The number of aromatic nitrogens is 1. The van der Waals surface area contributed by atoms with Crippen LogP contribution in [-0.4, -0.2) is 29.5 Å². The summed E-state index contributed by atoms with van der Waals surface area (Å²) < 4.78 is 10.6. The van der Waals surface area contributed by atoms with Crippen LogP contribution in [0.1, 0.15) is 48.9 Å². The third-order valence-electron chi connectivity index (χ3n) is 4.80. The largest absolute Gasteiger partial charge is 0.467 e. The maximum Gasteiger partial charge on any atom is 0.331 e. The van der Waals surface area contributed by atoms with Crippen molar-refractivity contribution in [2.24, 2.45) is 5.92 Å². The van der Waals surface area contributed by atoms with E-state index in [9.17, 15) is 9.59 Å². The lowest BCUT2D eigenvalue weighted by Gasteiger charge is -2.37. The van der Waals surface area contributed by atoms with Gasteiger partial charge in [0.2, 0.25) is 5.89 Å². The van der Waals surface area contributed by atoms with Gasteiger partial charge in [-0.15, -0.1) is 11.3 Å². The van der Waals surface area contributed by atoms with E-state index in [2.05, 4.69) is 17.2 Å². The van der Waals surface area contributed by atoms with Gasteiger partial charge in [0.05, 0.1) is 12.0 Å². The molecule has 0 atom stereocenters. The van der Waals surface area contributed by atoms with E-state index in [4.69, 9.17) is 9.15 Å². The molecule has 1 N–H and O–H groups in total. The number of rotatable bonds is 4. The molecule has 1 saturated carbocycles. The van der Waals surface area contributed by atoms with Crippen LogP contribution in [0.3, 0.4) is 0 Å². The lowest BCUT2D eigenvalue weighted by Crippen LogP contribution is -2.56. The zero-order valence-electron chi connectivity index (χ0n) is 14.6. The number of thiophene rings is 1. The topological polar surface area (TPSA) is 81.4 Å². The maximum absolute atomic E-state index is 12.8. The summed E-state index contributed by atoms with van der Waals surface area (Å²) in [6.07, 6.45) is 2.88. The van der Waals surface area contributed by atoms with Crippen LogP contribution in [0.4, 0.5) is 0 Å². The van der Waals surface area contributed by atoms with Crippen molar-refractivity contribution in [2.75, 3.05) is 7.11 Å². The number of nitrogens with zero attached hydrogens (tertiary/aromatic N) is 1. The molecule has 0 aromatic carbocycles. The van der Waals surface area contributed by atoms with Gasteiger partial charge in [-0.3, -0.25) is 4.79 Å². The van der Waals surface area contributed by atoms with Crippen LogP contribution in [0.2, 0.25) is 0 Å². The van der Waals surface area contributed by atoms with Crippen LogP contribution in [0.25, 0.3) is 10.8 Å². The van der Waals surface area contributed by atoms with E-state index in [0.29, 0.717) is 30.4 Å². The molecule has 2 aromatic rings. The summed E-state index contributed by atoms with van der Waals surface area (Å²) >= 11 is 1.49. The van der Waals surface area contributed by atoms with Crippen LogP contribution < -0.4 is 5.32 Å². The molecule has 0 unspecified atom stereocenters. The van der Waals surface area contributed by atoms with Crippen LogP contribution in [0.5, 0.6) is 0 Å². The first-order chi connectivity index (χ1) is 11.9. The monoisotopic (exact) mass is 362 g/mol. The van der Waals surface area contributed by atoms with Crippen molar-refractivity contribution in [1.29, 1.82) is 0 Å². The Hall–Kier alpha value is -2.15. The summed E-state index contributed by atoms with van der Waals surface area (Å²) in [6.45, 7) is 3.85. The Morgan fingerprint density at radius 1 is 1.40 bits per heavy atom. The van der Waals surface area contributed by atoms with Gasteiger partial charge in [-0.2, -0.15) is 0 Å². The molecular formula is C18H22N2O4S. The number of ether oxygens (including phenoxy) is 1. The molecule has 0 spiro atoms. The van der Waals surface area contributed by atoms with Gasteiger partial charge in [0, 0.05) is 0 Å². The molecule has 134 valence electrons. The summed E-state index contributed by atoms with van der Waals surface area (Å²) in [4.78, 5) is 30.3. The van der Waals surface area contributed by atoms with Gasteiger partial charge in [0.1, 0.15) is 11.3 Å². The van der Waals surface area contributed by atoms with Gasteiger partial charge in [0.15, 0.2) is 5.69 Å². The molecular weight excluding hydrogens is 340 g/mol. The Bertz CT molecular complexity index is 758. The number of hydrogen-bond donors (Lipinski definition) is 1. The Balaban J connectivity index is 1.83. The average molecular weight is 362 g/mol. The third kappa shape index (κ3) is 3.46. The van der Waals surface area contributed by atoms with Crippen molar-refractivity contribution in [3.63, 3.8) is 0 Å². The first kappa shape index (κ1) is 17.7. The molecule has 0 saturated heterocycles. The number of carbonyl (C=O) groups excluding carboxylic acids is 2. The Labute approximate surface area is 150 Å². The number of methoxy groups -OCH3 is 1. The molecule has 0 bridgehead atoms. The predicted octanol–water partition coefficient (Wildman–Crippen LogP) is 3.56. The zero-order valence-corrected chi connectivity index (χ0v) is 15.4. The van der Waals surface area contributed by atoms with Crippen molar-refractivity contribution in [2.45, 2.75) is 45.1 Å². The lowest BCUT2D eigenvalue weighted by molar-refractivity contribution is -0.150. The van der Waals surface area contributed by atoms with Crippen LogP contribution in [-0.2, 0) is 9.53 Å². The molecule has 25 heavy (non-hydrogen) atoms. The van der Waals surface area contributed by atoms with Gasteiger partial charge in [-0.1, -0.05) is 13.0 Å². The molecule has 0 aliphatic heterocycles. The second kappa shape index (κ2) is 7.00. The minimum absolute atomic E-state index is 0.213. The summed E-state index contributed by atoms with van der Waals surface area (Å²) in [7, 11) is 1.35. The van der Waals surface area contributed by atoms with Gasteiger partial charge in [-0.05, 0) is 50.0 Å². The second-order valence-corrected chi connectivity index (χ2v) is 7.56. The Kier molecular flexibility index (Phi) is 4.94. The van der Waals surface area contributed by atoms with Gasteiger partial charge >= 0.3 is 5.97 Å². The maximum atomic E-state index is 12.8. The smallest absolute Gasteiger partial charge is 0.331 e. The van der Waals surface area contributed by atoms with E-state index in [0.717, 1.165) is 17.7 Å². The van der Waals surface area contributed by atoms with Crippen molar-refractivity contribution in [3.8, 4) is 10.8 Å². The van der Waals surface area contributed by atoms with Crippen molar-refractivity contribution < 1.29 is 18.7 Å². The minimum Gasteiger partial charge on any atom is -0.467 e. The summed E-state index contributed by atoms with van der Waals surface area (Å²) in [5.74, 6) is 0.595. The Morgan fingerprint density at radius 3 is 2.72 bits per heavy atom. The third-order valence-corrected chi connectivity index (χ3v) is 5.66. The standard InChI is InChI=1S/C18H22N2O4S/c1-11-6-8-18(9-7-11,17(22)23-3)20-15(21)14-12(2)24-16(19-14)13-5-4-10-25-13/h4-5,10-11H,6-9H2,1-3H3,(H,20,21). The van der Waals surface area contributed by atoms with Crippen LogP contribution in [0, 0.1) is 12.8 Å². The fourth-order valence-electron chi connectivity index (χ4n) is 3.22. The van der Waals surface area contributed by atoms with Crippen molar-refractivity contribution in [1.82, 2.24) is 10.3 Å². The van der Waals surface area contributed by atoms with E-state index >= 15 is 0 Å². The molecule has 1 aliphatic carbocycles. The molecule has 1 amide bonds. The lowest BCUT2D eigenvalue weighted by atomic mass is 9.77. The molecule has 2 heterocycles. The predicted molar refractivity (Wildman–Crippen MR) is 94.4 cm³/mol. The molecule has 6 nitrogen and oxygen atoms in total. The first-order valence-corrected chi connectivity index (χ1v) is 9.25. The summed E-state index contributed by atoms with van der Waals surface area (Å²) in [6, 6.07) is 3.78. The quantitative estimate of drug-likeness (QED) is 0.841. The highest BCUT2D eigenvalue weighted by atomic mass is 32.1. The highest BCUT2D eigenvalue weighted by Crippen LogP contribution is 2.33. The van der Waals surface area contributed by atoms with Gasteiger partial charge in [0.25, 0.3) is 5.91 Å². The highest BCUT2D eigenvalue weighted by molar-refractivity contribution is 7.13. The number of nitrogens with one attached hydrogen (secondary N) is 1. The normalized spacial score (nSPS) is 23.2. The van der Waals surface area contributed by atoms with Gasteiger partial charge < -0.3 is 14.5 Å². The number of hydrogen-bond acceptors (Lipinski definition) is 6. The number of carbonyl (C=O) groups is 2.